The predicted octanol–water partition coefficient (Wildman–Crippen LogP) is 3.44. The predicted molar refractivity (Wildman–Crippen MR) is 78.5 cm³/mol. The summed E-state index contributed by atoms with van der Waals surface area (Å²) in [5, 5.41) is 3.59. The summed E-state index contributed by atoms with van der Waals surface area (Å²) in [7, 11) is 1.97. The molecular formula is C15H19BrF2N2. The van der Waals surface area contributed by atoms with Crippen LogP contribution in [0.4, 0.5) is 8.78 Å². The molecule has 2 atom stereocenters. The lowest BCUT2D eigenvalue weighted by Gasteiger charge is -2.35. The van der Waals surface area contributed by atoms with Crippen molar-refractivity contribution in [3.63, 3.8) is 0 Å². The zero-order valence-electron chi connectivity index (χ0n) is 11.5. The van der Waals surface area contributed by atoms with Gasteiger partial charge in [-0.15, -0.1) is 0 Å². The Morgan fingerprint density at radius 1 is 1.25 bits per heavy atom. The minimum absolute atomic E-state index is 0.160. The van der Waals surface area contributed by atoms with E-state index in [4.69, 9.17) is 0 Å². The third-order valence-corrected chi connectivity index (χ3v) is 5.23. The molecule has 2 nitrogen and oxygen atoms in total. The Morgan fingerprint density at radius 3 is 2.55 bits per heavy atom. The molecule has 0 radical (unpaired) electrons. The molecule has 1 aromatic rings. The minimum Gasteiger partial charge on any atom is -0.311 e. The number of halogens is 3. The molecule has 2 aliphatic heterocycles. The zero-order chi connectivity index (χ0) is 14.3. The molecule has 0 amide bonds. The molecule has 110 valence electrons. The van der Waals surface area contributed by atoms with E-state index >= 15 is 0 Å². The lowest BCUT2D eigenvalue weighted by molar-refractivity contribution is 0.162. The van der Waals surface area contributed by atoms with Crippen LogP contribution in [-0.4, -0.2) is 30.1 Å². The van der Waals surface area contributed by atoms with E-state index in [0.717, 1.165) is 12.8 Å². The maximum absolute atomic E-state index is 14.0. The summed E-state index contributed by atoms with van der Waals surface area (Å²) in [4.78, 5) is 2.10. The highest BCUT2D eigenvalue weighted by Crippen LogP contribution is 2.31. The van der Waals surface area contributed by atoms with Gasteiger partial charge >= 0.3 is 0 Å². The normalized spacial score (nSPS) is 29.1. The average Bonchev–Trinajstić information content (AvgIpc) is 2.77. The summed E-state index contributed by atoms with van der Waals surface area (Å²) in [6.45, 7) is 0.321. The molecule has 2 bridgehead atoms. The van der Waals surface area contributed by atoms with Crippen LogP contribution >= 0.6 is 15.9 Å². The number of hydrogen-bond donors (Lipinski definition) is 1. The van der Waals surface area contributed by atoms with Gasteiger partial charge in [0.1, 0.15) is 11.6 Å². The number of rotatable bonds is 3. The van der Waals surface area contributed by atoms with Crippen LogP contribution in [0.5, 0.6) is 0 Å². The second-order valence-electron chi connectivity index (χ2n) is 6.00. The van der Waals surface area contributed by atoms with E-state index in [1.54, 1.807) is 0 Å². The third-order valence-electron chi connectivity index (χ3n) is 4.62. The van der Waals surface area contributed by atoms with Crippen molar-refractivity contribution in [3.05, 3.63) is 33.8 Å². The quantitative estimate of drug-likeness (QED) is 0.845. The minimum atomic E-state index is -0.478. The maximum Gasteiger partial charge on any atom is 0.144 e. The van der Waals surface area contributed by atoms with Gasteiger partial charge in [-0.1, -0.05) is 0 Å². The smallest absolute Gasteiger partial charge is 0.144 e. The van der Waals surface area contributed by atoms with Crippen LogP contribution in [0.25, 0.3) is 0 Å². The van der Waals surface area contributed by atoms with Crippen molar-refractivity contribution in [2.24, 2.45) is 0 Å². The molecular weight excluding hydrogens is 326 g/mol. The molecule has 0 saturated carbocycles. The van der Waals surface area contributed by atoms with Gasteiger partial charge in [-0.05, 0) is 60.8 Å². The van der Waals surface area contributed by atoms with Gasteiger partial charge in [0.2, 0.25) is 0 Å². The van der Waals surface area contributed by atoms with Crippen LogP contribution < -0.4 is 5.32 Å². The van der Waals surface area contributed by atoms with E-state index in [0.29, 0.717) is 29.1 Å². The first kappa shape index (κ1) is 14.4. The molecule has 20 heavy (non-hydrogen) atoms. The lowest BCUT2D eigenvalue weighted by Crippen LogP contribution is -2.46. The SMILES string of the molecule is CN(Cc1c(F)ccc(Br)c1F)C1CC2CCC(C1)N2. The first-order valence-electron chi connectivity index (χ1n) is 7.13. The zero-order valence-corrected chi connectivity index (χ0v) is 13.1. The van der Waals surface area contributed by atoms with Crippen molar-refractivity contribution in [2.75, 3.05) is 7.05 Å². The highest BCUT2D eigenvalue weighted by Gasteiger charge is 2.35. The Bertz CT molecular complexity index is 497. The topological polar surface area (TPSA) is 15.3 Å². The van der Waals surface area contributed by atoms with Gasteiger partial charge in [-0.2, -0.15) is 0 Å². The Kier molecular flexibility index (Phi) is 4.11. The first-order valence-corrected chi connectivity index (χ1v) is 7.92. The number of piperidine rings is 1. The van der Waals surface area contributed by atoms with Crippen LogP contribution in [0.1, 0.15) is 31.2 Å². The number of hydrogen-bond acceptors (Lipinski definition) is 2. The van der Waals surface area contributed by atoms with Gasteiger partial charge < -0.3 is 5.32 Å². The monoisotopic (exact) mass is 344 g/mol. The van der Waals surface area contributed by atoms with Crippen molar-refractivity contribution in [2.45, 2.75) is 50.4 Å². The Hall–Kier alpha value is -0.520. The van der Waals surface area contributed by atoms with Gasteiger partial charge in [-0.3, -0.25) is 4.90 Å². The molecule has 5 heteroatoms. The number of nitrogens with one attached hydrogen (secondary N) is 1. The van der Waals surface area contributed by atoms with E-state index in [1.165, 1.54) is 25.0 Å². The van der Waals surface area contributed by atoms with E-state index in [9.17, 15) is 8.78 Å². The first-order chi connectivity index (χ1) is 9.54. The van der Waals surface area contributed by atoms with Crippen LogP contribution in [0.15, 0.2) is 16.6 Å². The van der Waals surface area contributed by atoms with Crippen LogP contribution in [0.2, 0.25) is 0 Å². The van der Waals surface area contributed by atoms with Crippen LogP contribution in [-0.2, 0) is 6.54 Å². The van der Waals surface area contributed by atoms with Gasteiger partial charge in [0.05, 0.1) is 4.47 Å². The highest BCUT2D eigenvalue weighted by molar-refractivity contribution is 9.10. The molecule has 1 aromatic carbocycles. The molecule has 2 unspecified atom stereocenters. The second kappa shape index (κ2) is 5.70. The summed E-state index contributed by atoms with van der Waals surface area (Å²) in [5.41, 5.74) is 0.160. The largest absolute Gasteiger partial charge is 0.311 e. The van der Waals surface area contributed by atoms with Gasteiger partial charge in [0, 0.05) is 30.2 Å². The number of benzene rings is 1. The Morgan fingerprint density at radius 2 is 1.90 bits per heavy atom. The standard InChI is InChI=1S/C15H19BrF2N2/c1-20(11-6-9-2-3-10(7-11)19-9)8-12-14(17)5-4-13(16)15(12)18/h4-5,9-11,19H,2-3,6-8H2,1H3. The Labute approximate surface area is 126 Å². The molecule has 2 aliphatic rings. The van der Waals surface area contributed by atoms with Crippen molar-refractivity contribution >= 4 is 15.9 Å². The number of nitrogens with zero attached hydrogens (tertiary/aromatic N) is 1. The maximum atomic E-state index is 14.0. The Balaban J connectivity index is 1.73. The van der Waals surface area contributed by atoms with Crippen LogP contribution in [0, 0.1) is 11.6 Å². The number of fused-ring (bicyclic) bond motifs is 2. The lowest BCUT2D eigenvalue weighted by atomic mass is 9.98. The van der Waals surface area contributed by atoms with Gasteiger partial charge in [-0.25, -0.2) is 8.78 Å². The van der Waals surface area contributed by atoms with Crippen molar-refractivity contribution in [1.29, 1.82) is 0 Å². The van der Waals surface area contributed by atoms with Gasteiger partial charge in [0.15, 0.2) is 0 Å². The van der Waals surface area contributed by atoms with Crippen molar-refractivity contribution in [1.82, 2.24) is 10.2 Å². The summed E-state index contributed by atoms with van der Waals surface area (Å²) in [5.74, 6) is -0.941. The third kappa shape index (κ3) is 2.76. The average molecular weight is 345 g/mol. The van der Waals surface area contributed by atoms with Crippen molar-refractivity contribution < 1.29 is 8.78 Å². The molecule has 2 fully saturated rings. The summed E-state index contributed by atoms with van der Waals surface area (Å²) < 4.78 is 28.2. The fourth-order valence-electron chi connectivity index (χ4n) is 3.48. The fourth-order valence-corrected chi connectivity index (χ4v) is 3.85. The molecule has 2 heterocycles. The van der Waals surface area contributed by atoms with E-state index in [-0.39, 0.29) is 5.56 Å². The highest BCUT2D eigenvalue weighted by atomic mass is 79.9. The molecule has 0 spiro atoms. The van der Waals surface area contributed by atoms with E-state index in [1.807, 2.05) is 7.05 Å². The van der Waals surface area contributed by atoms with Crippen molar-refractivity contribution in [3.8, 4) is 0 Å². The summed E-state index contributed by atoms with van der Waals surface area (Å²) >= 11 is 3.13. The molecule has 0 aliphatic carbocycles. The van der Waals surface area contributed by atoms with E-state index < -0.39 is 11.6 Å². The second-order valence-corrected chi connectivity index (χ2v) is 6.85. The van der Waals surface area contributed by atoms with Gasteiger partial charge in [0.25, 0.3) is 0 Å². The fraction of sp³-hybridized carbons (Fsp3) is 0.600. The summed E-state index contributed by atoms with van der Waals surface area (Å²) in [6, 6.07) is 4.31. The molecule has 2 saturated heterocycles. The molecule has 0 aromatic heterocycles. The summed E-state index contributed by atoms with van der Waals surface area (Å²) in [6.07, 6.45) is 4.61. The van der Waals surface area contributed by atoms with Crippen LogP contribution in [0.3, 0.4) is 0 Å². The molecule has 1 N–H and O–H groups in total. The van der Waals surface area contributed by atoms with E-state index in [2.05, 4.69) is 26.1 Å². The molecule has 3 rings (SSSR count).